The Hall–Kier alpha value is -1.85. The minimum absolute atomic E-state index is 0.0653. The zero-order chi connectivity index (χ0) is 18.0. The molecule has 1 heterocycles. The van der Waals surface area contributed by atoms with Gasteiger partial charge in [0.05, 0.1) is 6.61 Å². The van der Waals surface area contributed by atoms with Crippen LogP contribution in [0.15, 0.2) is 30.3 Å². The van der Waals surface area contributed by atoms with Crippen molar-refractivity contribution in [1.82, 2.24) is 0 Å². The van der Waals surface area contributed by atoms with Gasteiger partial charge in [-0.15, -0.1) is 0 Å². The van der Waals surface area contributed by atoms with Crippen LogP contribution in [0.4, 0.5) is 13.2 Å². The molecule has 0 radical (unpaired) electrons. The van der Waals surface area contributed by atoms with Gasteiger partial charge in [-0.2, -0.15) is 0 Å². The van der Waals surface area contributed by atoms with Crippen molar-refractivity contribution >= 4 is 0 Å². The van der Waals surface area contributed by atoms with Crippen molar-refractivity contribution in [3.05, 3.63) is 58.9 Å². The predicted molar refractivity (Wildman–Crippen MR) is 89.9 cm³/mol. The molecule has 0 aliphatic carbocycles. The lowest BCUT2D eigenvalue weighted by atomic mass is 9.91. The maximum Gasteiger partial charge on any atom is 0.166 e. The topological polar surface area (TPSA) is 18.5 Å². The molecule has 5 heteroatoms. The van der Waals surface area contributed by atoms with Crippen LogP contribution < -0.4 is 0 Å². The predicted octanol–water partition coefficient (Wildman–Crippen LogP) is 5.20. The summed E-state index contributed by atoms with van der Waals surface area (Å²) in [6.45, 7) is 2.13. The number of rotatable bonds is 4. The van der Waals surface area contributed by atoms with Gasteiger partial charge in [0.2, 0.25) is 0 Å². The first-order valence-corrected chi connectivity index (χ1v) is 8.46. The van der Waals surface area contributed by atoms with Gasteiger partial charge in [0.15, 0.2) is 17.9 Å². The molecule has 0 aromatic heterocycles. The number of benzene rings is 2. The number of hydrogen-bond acceptors (Lipinski definition) is 2. The largest absolute Gasteiger partial charge is 0.356 e. The molecule has 0 spiro atoms. The van der Waals surface area contributed by atoms with E-state index in [2.05, 4.69) is 0 Å². The Morgan fingerprint density at radius 3 is 2.48 bits per heavy atom. The van der Waals surface area contributed by atoms with Gasteiger partial charge in [-0.05, 0) is 42.0 Å². The summed E-state index contributed by atoms with van der Waals surface area (Å²) in [7, 11) is 1.58. The minimum atomic E-state index is -0.935. The third-order valence-electron chi connectivity index (χ3n) is 4.79. The quantitative estimate of drug-likeness (QED) is 0.754. The third-order valence-corrected chi connectivity index (χ3v) is 4.79. The molecule has 2 unspecified atom stereocenters. The van der Waals surface area contributed by atoms with Crippen molar-refractivity contribution in [2.75, 3.05) is 13.7 Å². The van der Waals surface area contributed by atoms with Gasteiger partial charge < -0.3 is 9.47 Å². The normalized spacial score (nSPS) is 20.7. The molecule has 1 fully saturated rings. The third kappa shape index (κ3) is 3.58. The molecule has 1 aliphatic heterocycles. The fraction of sp³-hybridized carbons (Fsp3) is 0.400. The summed E-state index contributed by atoms with van der Waals surface area (Å²) < 4.78 is 53.5. The Morgan fingerprint density at radius 2 is 1.88 bits per heavy atom. The monoisotopic (exact) mass is 350 g/mol. The summed E-state index contributed by atoms with van der Waals surface area (Å²) in [4.78, 5) is 0. The molecule has 1 aliphatic rings. The lowest BCUT2D eigenvalue weighted by molar-refractivity contribution is -0.151. The first-order chi connectivity index (χ1) is 12.0. The SMILES string of the molecule is CCc1ccc(-c2ccc(C3CCC(OC)OC3)c(F)c2)c(F)c1F. The summed E-state index contributed by atoms with van der Waals surface area (Å²) in [6, 6.07) is 7.57. The highest BCUT2D eigenvalue weighted by molar-refractivity contribution is 5.65. The molecule has 134 valence electrons. The van der Waals surface area contributed by atoms with Crippen LogP contribution in [0.2, 0.25) is 0 Å². The Balaban J connectivity index is 1.87. The second-order valence-corrected chi connectivity index (χ2v) is 6.26. The van der Waals surface area contributed by atoms with Crippen molar-refractivity contribution in [3.8, 4) is 11.1 Å². The summed E-state index contributed by atoms with van der Waals surface area (Å²) in [5, 5.41) is 0. The summed E-state index contributed by atoms with van der Waals surface area (Å²) in [5.74, 6) is -2.29. The highest BCUT2D eigenvalue weighted by Gasteiger charge is 2.25. The van der Waals surface area contributed by atoms with Gasteiger partial charge in [-0.3, -0.25) is 0 Å². The van der Waals surface area contributed by atoms with E-state index in [0.717, 1.165) is 6.42 Å². The zero-order valence-corrected chi connectivity index (χ0v) is 14.3. The van der Waals surface area contributed by atoms with Crippen molar-refractivity contribution in [2.24, 2.45) is 0 Å². The maximum atomic E-state index is 14.6. The molecule has 0 bridgehead atoms. The van der Waals surface area contributed by atoms with Crippen molar-refractivity contribution in [3.63, 3.8) is 0 Å². The fourth-order valence-corrected chi connectivity index (χ4v) is 3.27. The number of aryl methyl sites for hydroxylation is 1. The Labute approximate surface area is 145 Å². The molecule has 2 aromatic rings. The molecule has 0 N–H and O–H groups in total. The van der Waals surface area contributed by atoms with E-state index in [-0.39, 0.29) is 17.8 Å². The van der Waals surface area contributed by atoms with Crippen LogP contribution >= 0.6 is 0 Å². The van der Waals surface area contributed by atoms with Crippen LogP contribution in [0.25, 0.3) is 11.1 Å². The van der Waals surface area contributed by atoms with Crippen LogP contribution in [0.5, 0.6) is 0 Å². The average molecular weight is 350 g/mol. The first kappa shape index (κ1) is 18.0. The van der Waals surface area contributed by atoms with Crippen LogP contribution in [0, 0.1) is 17.5 Å². The van der Waals surface area contributed by atoms with Crippen molar-refractivity contribution in [2.45, 2.75) is 38.4 Å². The van der Waals surface area contributed by atoms with Crippen LogP contribution in [0.1, 0.15) is 36.8 Å². The first-order valence-electron chi connectivity index (χ1n) is 8.46. The van der Waals surface area contributed by atoms with Crippen molar-refractivity contribution < 1.29 is 22.6 Å². The average Bonchev–Trinajstić information content (AvgIpc) is 2.64. The van der Waals surface area contributed by atoms with Gasteiger partial charge in [0.1, 0.15) is 5.82 Å². The van der Waals surface area contributed by atoms with E-state index in [4.69, 9.17) is 9.47 Å². The van der Waals surface area contributed by atoms with Crippen LogP contribution in [0.3, 0.4) is 0 Å². The molecular weight excluding hydrogens is 329 g/mol. The molecule has 0 amide bonds. The van der Waals surface area contributed by atoms with Crippen molar-refractivity contribution in [1.29, 1.82) is 0 Å². The van der Waals surface area contributed by atoms with E-state index in [1.807, 2.05) is 0 Å². The smallest absolute Gasteiger partial charge is 0.166 e. The second kappa shape index (κ2) is 7.58. The molecule has 0 saturated carbocycles. The van der Waals surface area contributed by atoms with E-state index < -0.39 is 17.5 Å². The van der Waals surface area contributed by atoms with Gasteiger partial charge in [0.25, 0.3) is 0 Å². The number of methoxy groups -OCH3 is 1. The van der Waals surface area contributed by atoms with Gasteiger partial charge >= 0.3 is 0 Å². The molecule has 2 aromatic carbocycles. The highest BCUT2D eigenvalue weighted by Crippen LogP contribution is 2.33. The van der Waals surface area contributed by atoms with E-state index in [1.165, 1.54) is 12.1 Å². The van der Waals surface area contributed by atoms with Gasteiger partial charge in [0, 0.05) is 18.6 Å². The van der Waals surface area contributed by atoms with Crippen LogP contribution in [-0.4, -0.2) is 20.0 Å². The molecule has 2 nitrogen and oxygen atoms in total. The van der Waals surface area contributed by atoms with E-state index in [1.54, 1.807) is 32.2 Å². The standard InChI is InChI=1S/C20H21F3O2/c1-3-12-4-8-16(20(23)19(12)22)13-5-7-15(17(21)10-13)14-6-9-18(24-2)25-11-14/h4-5,7-8,10,14,18H,3,6,9,11H2,1-2H3. The Morgan fingerprint density at radius 1 is 1.08 bits per heavy atom. The lowest BCUT2D eigenvalue weighted by Gasteiger charge is -2.28. The minimum Gasteiger partial charge on any atom is -0.356 e. The highest BCUT2D eigenvalue weighted by atomic mass is 19.2. The Kier molecular flexibility index (Phi) is 5.45. The summed E-state index contributed by atoms with van der Waals surface area (Å²) in [6.07, 6.45) is 1.61. The lowest BCUT2D eigenvalue weighted by Crippen LogP contribution is -2.26. The molecule has 2 atom stereocenters. The van der Waals surface area contributed by atoms with Gasteiger partial charge in [-0.1, -0.05) is 31.2 Å². The zero-order valence-electron chi connectivity index (χ0n) is 14.3. The maximum absolute atomic E-state index is 14.6. The summed E-state index contributed by atoms with van der Waals surface area (Å²) in [5.41, 5.74) is 1.24. The number of ether oxygens (including phenoxy) is 2. The Bertz CT molecular complexity index is 753. The second-order valence-electron chi connectivity index (χ2n) is 6.26. The van der Waals surface area contributed by atoms with E-state index in [9.17, 15) is 13.2 Å². The van der Waals surface area contributed by atoms with E-state index in [0.29, 0.717) is 36.1 Å². The molecule has 3 rings (SSSR count). The molecule has 1 saturated heterocycles. The fourth-order valence-electron chi connectivity index (χ4n) is 3.27. The summed E-state index contributed by atoms with van der Waals surface area (Å²) >= 11 is 0. The van der Waals surface area contributed by atoms with E-state index >= 15 is 0 Å². The molecular formula is C20H21F3O2. The number of hydrogen-bond donors (Lipinski definition) is 0. The molecule has 25 heavy (non-hydrogen) atoms. The van der Waals surface area contributed by atoms with Crippen LogP contribution in [-0.2, 0) is 15.9 Å². The van der Waals surface area contributed by atoms with Gasteiger partial charge in [-0.25, -0.2) is 13.2 Å². The number of halogens is 3.